The average molecular weight is 344 g/mol. The van der Waals surface area contributed by atoms with E-state index in [9.17, 15) is 9.59 Å². The Morgan fingerprint density at radius 3 is 2.52 bits per heavy atom. The molecule has 0 aliphatic carbocycles. The van der Waals surface area contributed by atoms with Crippen LogP contribution in [0.4, 0.5) is 0 Å². The van der Waals surface area contributed by atoms with Gasteiger partial charge in [-0.15, -0.1) is 0 Å². The summed E-state index contributed by atoms with van der Waals surface area (Å²) in [5, 5.41) is 0. The zero-order valence-corrected chi connectivity index (χ0v) is 15.4. The highest BCUT2D eigenvalue weighted by Crippen LogP contribution is 2.38. The van der Waals surface area contributed by atoms with Gasteiger partial charge in [0, 0.05) is 26.1 Å². The maximum absolute atomic E-state index is 13.3. The van der Waals surface area contributed by atoms with E-state index in [-0.39, 0.29) is 23.8 Å². The largest absolute Gasteiger partial charge is 0.497 e. The van der Waals surface area contributed by atoms with E-state index in [1.54, 1.807) is 12.0 Å². The smallest absolute Gasteiger partial charge is 0.228 e. The maximum atomic E-state index is 13.3. The summed E-state index contributed by atoms with van der Waals surface area (Å²) in [6.45, 7) is 2.97. The van der Waals surface area contributed by atoms with Gasteiger partial charge in [0.15, 0.2) is 0 Å². The molecule has 1 aromatic carbocycles. The molecule has 2 aliphatic rings. The highest BCUT2D eigenvalue weighted by Gasteiger charge is 2.41. The number of amides is 2. The molecule has 3 atom stereocenters. The van der Waals surface area contributed by atoms with E-state index in [0.717, 1.165) is 30.7 Å². The van der Waals surface area contributed by atoms with Gasteiger partial charge in [0.2, 0.25) is 11.8 Å². The summed E-state index contributed by atoms with van der Waals surface area (Å²) < 4.78 is 5.23. The second kappa shape index (κ2) is 7.46. The van der Waals surface area contributed by atoms with E-state index < -0.39 is 0 Å². The first-order valence-corrected chi connectivity index (χ1v) is 9.23. The van der Waals surface area contributed by atoms with E-state index in [0.29, 0.717) is 18.9 Å². The van der Waals surface area contributed by atoms with Gasteiger partial charge >= 0.3 is 0 Å². The number of carbonyl (C=O) groups is 2. The molecule has 3 rings (SSSR count). The number of carbonyl (C=O) groups excluding carboxylic acids is 2. The number of hydrogen-bond donors (Lipinski definition) is 0. The number of benzene rings is 1. The van der Waals surface area contributed by atoms with Gasteiger partial charge in [-0.2, -0.15) is 0 Å². The minimum Gasteiger partial charge on any atom is -0.497 e. The lowest BCUT2D eigenvalue weighted by Gasteiger charge is -2.43. The van der Waals surface area contributed by atoms with Crippen LogP contribution in [-0.4, -0.2) is 48.4 Å². The highest BCUT2D eigenvalue weighted by molar-refractivity contribution is 5.85. The van der Waals surface area contributed by atoms with Crippen molar-refractivity contribution in [2.24, 2.45) is 5.92 Å². The second-order valence-corrected chi connectivity index (χ2v) is 7.24. The molecule has 0 N–H and O–H groups in total. The predicted molar refractivity (Wildman–Crippen MR) is 96.3 cm³/mol. The van der Waals surface area contributed by atoms with Gasteiger partial charge in [0.25, 0.3) is 0 Å². The summed E-state index contributed by atoms with van der Waals surface area (Å²) in [5.41, 5.74) is 0.999. The fraction of sp³-hybridized carbons (Fsp3) is 0.600. The number of hydrogen-bond acceptors (Lipinski definition) is 3. The van der Waals surface area contributed by atoms with Crippen molar-refractivity contribution in [1.82, 2.24) is 9.80 Å². The summed E-state index contributed by atoms with van der Waals surface area (Å²) in [6.07, 6.45) is 4.41. The second-order valence-electron chi connectivity index (χ2n) is 7.24. The van der Waals surface area contributed by atoms with Crippen molar-refractivity contribution in [2.45, 2.75) is 51.1 Å². The number of ether oxygens (including phenoxy) is 1. The van der Waals surface area contributed by atoms with Gasteiger partial charge in [-0.1, -0.05) is 12.1 Å². The average Bonchev–Trinajstić information content (AvgIpc) is 2.64. The molecule has 5 nitrogen and oxygen atoms in total. The van der Waals surface area contributed by atoms with Crippen molar-refractivity contribution in [3.63, 3.8) is 0 Å². The third-order valence-corrected chi connectivity index (χ3v) is 5.72. The van der Waals surface area contributed by atoms with E-state index in [4.69, 9.17) is 4.74 Å². The standard InChI is InChI=1S/C20H28N2O3/c1-14-6-4-5-13-22(14)20(24)17-11-12-18(23)21(2)19(17)15-7-9-16(25-3)10-8-15/h7-10,14,17,19H,4-6,11-13H2,1-3H3/t14-,17-,19+/m0/s1. The zero-order chi connectivity index (χ0) is 18.0. The fourth-order valence-electron chi connectivity index (χ4n) is 4.19. The molecule has 5 heteroatoms. The first-order valence-electron chi connectivity index (χ1n) is 9.23. The van der Waals surface area contributed by atoms with E-state index in [1.807, 2.05) is 36.2 Å². The minimum absolute atomic E-state index is 0.108. The Hall–Kier alpha value is -2.04. The number of likely N-dealkylation sites (tertiary alicyclic amines) is 2. The van der Waals surface area contributed by atoms with Gasteiger partial charge < -0.3 is 14.5 Å². The van der Waals surface area contributed by atoms with Crippen LogP contribution in [0.1, 0.15) is 50.6 Å². The number of piperidine rings is 2. The summed E-state index contributed by atoms with van der Waals surface area (Å²) in [5.74, 6) is 0.918. The molecule has 136 valence electrons. The first kappa shape index (κ1) is 17.8. The Bertz CT molecular complexity index is 628. The molecule has 25 heavy (non-hydrogen) atoms. The van der Waals surface area contributed by atoms with Crippen LogP contribution >= 0.6 is 0 Å². The molecule has 0 spiro atoms. The monoisotopic (exact) mass is 344 g/mol. The predicted octanol–water partition coefficient (Wildman–Crippen LogP) is 3.01. The molecular weight excluding hydrogens is 316 g/mol. The lowest BCUT2D eigenvalue weighted by molar-refractivity contribution is -0.148. The molecule has 0 radical (unpaired) electrons. The molecule has 2 heterocycles. The molecule has 1 aromatic rings. The number of rotatable bonds is 3. The van der Waals surface area contributed by atoms with Crippen LogP contribution in [0.5, 0.6) is 5.75 Å². The van der Waals surface area contributed by atoms with Gasteiger partial charge in [-0.05, 0) is 50.3 Å². The Morgan fingerprint density at radius 1 is 1.16 bits per heavy atom. The molecule has 2 fully saturated rings. The van der Waals surface area contributed by atoms with Gasteiger partial charge in [0.05, 0.1) is 19.1 Å². The lowest BCUT2D eigenvalue weighted by atomic mass is 9.83. The van der Waals surface area contributed by atoms with Crippen molar-refractivity contribution in [1.29, 1.82) is 0 Å². The molecular formula is C20H28N2O3. The van der Waals surface area contributed by atoms with Crippen molar-refractivity contribution < 1.29 is 14.3 Å². The number of methoxy groups -OCH3 is 1. The third kappa shape index (κ3) is 3.51. The van der Waals surface area contributed by atoms with Crippen LogP contribution in [0.25, 0.3) is 0 Å². The van der Waals surface area contributed by atoms with Gasteiger partial charge in [-0.25, -0.2) is 0 Å². The van der Waals surface area contributed by atoms with E-state index in [1.165, 1.54) is 6.42 Å². The quantitative estimate of drug-likeness (QED) is 0.847. The summed E-state index contributed by atoms with van der Waals surface area (Å²) >= 11 is 0. The van der Waals surface area contributed by atoms with Crippen LogP contribution in [0, 0.1) is 5.92 Å². The van der Waals surface area contributed by atoms with Crippen molar-refractivity contribution >= 4 is 11.8 Å². The Morgan fingerprint density at radius 2 is 1.88 bits per heavy atom. The van der Waals surface area contributed by atoms with E-state index in [2.05, 4.69) is 6.92 Å². The molecule has 0 saturated carbocycles. The summed E-state index contributed by atoms with van der Waals surface area (Å²) in [7, 11) is 3.45. The molecule has 2 aliphatic heterocycles. The Kier molecular flexibility index (Phi) is 5.30. The van der Waals surface area contributed by atoms with Gasteiger partial charge in [0.1, 0.15) is 5.75 Å². The molecule has 2 saturated heterocycles. The van der Waals surface area contributed by atoms with E-state index >= 15 is 0 Å². The van der Waals surface area contributed by atoms with Crippen molar-refractivity contribution in [3.8, 4) is 5.75 Å². The highest BCUT2D eigenvalue weighted by atomic mass is 16.5. The fourth-order valence-corrected chi connectivity index (χ4v) is 4.19. The first-order chi connectivity index (χ1) is 12.0. The lowest BCUT2D eigenvalue weighted by Crippen LogP contribution is -2.51. The van der Waals surface area contributed by atoms with Crippen LogP contribution in [0.2, 0.25) is 0 Å². The van der Waals surface area contributed by atoms with Crippen LogP contribution in [0.3, 0.4) is 0 Å². The summed E-state index contributed by atoms with van der Waals surface area (Å²) in [6, 6.07) is 7.83. The maximum Gasteiger partial charge on any atom is 0.228 e. The van der Waals surface area contributed by atoms with Crippen LogP contribution in [0.15, 0.2) is 24.3 Å². The van der Waals surface area contributed by atoms with Crippen LogP contribution < -0.4 is 4.74 Å². The molecule has 0 bridgehead atoms. The Labute approximate surface area is 149 Å². The summed E-state index contributed by atoms with van der Waals surface area (Å²) in [4.78, 5) is 29.4. The molecule has 0 unspecified atom stereocenters. The van der Waals surface area contributed by atoms with Gasteiger partial charge in [-0.3, -0.25) is 9.59 Å². The zero-order valence-electron chi connectivity index (χ0n) is 15.4. The minimum atomic E-state index is -0.200. The topological polar surface area (TPSA) is 49.9 Å². The molecule has 2 amide bonds. The van der Waals surface area contributed by atoms with Crippen LogP contribution in [-0.2, 0) is 9.59 Å². The van der Waals surface area contributed by atoms with Crippen molar-refractivity contribution in [3.05, 3.63) is 29.8 Å². The Balaban J connectivity index is 1.89. The third-order valence-electron chi connectivity index (χ3n) is 5.72. The van der Waals surface area contributed by atoms with Crippen molar-refractivity contribution in [2.75, 3.05) is 20.7 Å². The molecule has 0 aromatic heterocycles. The SMILES string of the molecule is COc1ccc([C@@H]2[C@@H](C(=O)N3CCCC[C@@H]3C)CCC(=O)N2C)cc1. The normalized spacial score (nSPS) is 27.3. The number of nitrogens with zero attached hydrogens (tertiary/aromatic N) is 2.